The first-order valence-corrected chi connectivity index (χ1v) is 5.50. The normalized spacial score (nSPS) is 16.2. The summed E-state index contributed by atoms with van der Waals surface area (Å²) in [6, 6.07) is 0. The fraction of sp³-hybridized carbons (Fsp3) is 0.818. The Bertz CT molecular complexity index is 277. The Balaban J connectivity index is 4.51. The number of ketones is 1. The molecule has 0 aliphatic heterocycles. The molecular weight excluding hydrogens is 244 g/mol. The van der Waals surface area contributed by atoms with Crippen LogP contribution in [0.5, 0.6) is 0 Å². The molecule has 1 N–H and O–H groups in total. The minimum Gasteiger partial charge on any atom is -0.410 e. The number of ether oxygens (including phenoxy) is 4. The first kappa shape index (κ1) is 17.0. The Kier molecular flexibility index (Phi) is 7.69. The van der Waals surface area contributed by atoms with Crippen LogP contribution in [0.2, 0.25) is 0 Å². The molecule has 0 aromatic rings. The van der Waals surface area contributed by atoms with Crippen molar-refractivity contribution in [3.8, 4) is 0 Å². The Morgan fingerprint density at radius 2 is 1.67 bits per heavy atom. The summed E-state index contributed by atoms with van der Waals surface area (Å²) >= 11 is 0. The van der Waals surface area contributed by atoms with Crippen LogP contribution in [0.25, 0.3) is 0 Å². The molecule has 0 aliphatic carbocycles. The maximum atomic E-state index is 11.4. The third-order valence-electron chi connectivity index (χ3n) is 2.00. The van der Waals surface area contributed by atoms with Gasteiger partial charge in [-0.15, -0.1) is 0 Å². The number of Topliss-reactive ketones (excluding diaryl/α,β-unsaturated/α-hetero) is 1. The second-order valence-corrected chi connectivity index (χ2v) is 3.95. The quantitative estimate of drug-likeness (QED) is 0.501. The zero-order chi connectivity index (χ0) is 14.3. The summed E-state index contributed by atoms with van der Waals surface area (Å²) in [5, 5.41) is 9.13. The first-order valence-electron chi connectivity index (χ1n) is 5.50. The summed E-state index contributed by atoms with van der Waals surface area (Å²) in [5.41, 5.74) is 0. The summed E-state index contributed by atoms with van der Waals surface area (Å²) in [4.78, 5) is 22.4. The van der Waals surface area contributed by atoms with Crippen molar-refractivity contribution in [3.63, 3.8) is 0 Å². The van der Waals surface area contributed by atoms with Gasteiger partial charge in [-0.2, -0.15) is 0 Å². The molecule has 0 radical (unpaired) electrons. The van der Waals surface area contributed by atoms with E-state index in [0.717, 1.165) is 0 Å². The molecule has 7 nitrogen and oxygen atoms in total. The van der Waals surface area contributed by atoms with Gasteiger partial charge in [0.05, 0.1) is 5.92 Å². The van der Waals surface area contributed by atoms with Gasteiger partial charge in [0, 0.05) is 7.11 Å². The van der Waals surface area contributed by atoms with E-state index in [1.165, 1.54) is 21.0 Å². The summed E-state index contributed by atoms with van der Waals surface area (Å²) in [6.07, 6.45) is -0.834. The molecule has 7 heteroatoms. The van der Waals surface area contributed by atoms with Crippen molar-refractivity contribution in [2.24, 2.45) is 5.92 Å². The number of esters is 1. The van der Waals surface area contributed by atoms with Crippen LogP contribution in [0.1, 0.15) is 27.7 Å². The lowest BCUT2D eigenvalue weighted by atomic mass is 10.2. The van der Waals surface area contributed by atoms with Gasteiger partial charge in [-0.05, 0) is 13.8 Å². The van der Waals surface area contributed by atoms with E-state index in [0.29, 0.717) is 0 Å². The molecule has 18 heavy (non-hydrogen) atoms. The molecule has 0 amide bonds. The smallest absolute Gasteiger partial charge is 0.323 e. The van der Waals surface area contributed by atoms with Gasteiger partial charge in [0.2, 0.25) is 0 Å². The van der Waals surface area contributed by atoms with Crippen LogP contribution in [0.3, 0.4) is 0 Å². The maximum Gasteiger partial charge on any atom is 0.323 e. The molecule has 0 fully saturated rings. The average Bonchev–Trinajstić information content (AvgIpc) is 2.27. The molecule has 0 saturated carbocycles. The number of carbonyl (C=O) groups is 2. The van der Waals surface area contributed by atoms with Crippen LogP contribution in [-0.2, 0) is 28.5 Å². The molecular formula is C11H20O7. The molecule has 0 aromatic carbocycles. The third kappa shape index (κ3) is 6.65. The SMILES string of the molecule is COC(O)OC(OC(=O)C(C)C)OC(C)C(C)=O. The lowest BCUT2D eigenvalue weighted by Gasteiger charge is -2.23. The predicted molar refractivity (Wildman–Crippen MR) is 60.0 cm³/mol. The first-order chi connectivity index (χ1) is 8.27. The van der Waals surface area contributed by atoms with Crippen LogP contribution < -0.4 is 0 Å². The van der Waals surface area contributed by atoms with E-state index in [2.05, 4.69) is 4.74 Å². The molecule has 0 spiro atoms. The largest absolute Gasteiger partial charge is 0.410 e. The second-order valence-electron chi connectivity index (χ2n) is 3.95. The van der Waals surface area contributed by atoms with Crippen molar-refractivity contribution < 1.29 is 33.6 Å². The summed E-state index contributed by atoms with van der Waals surface area (Å²) in [6.45, 7) is 2.92. The zero-order valence-electron chi connectivity index (χ0n) is 11.2. The Morgan fingerprint density at radius 1 is 1.11 bits per heavy atom. The van der Waals surface area contributed by atoms with Crippen molar-refractivity contribution >= 4 is 11.8 Å². The standard InChI is InChI=1S/C11H20O7/c1-6(2)9(13)17-11(18-10(14)15-5)16-8(4)7(3)12/h6,8,10-11,14H,1-5H3. The number of rotatable bonds is 8. The van der Waals surface area contributed by atoms with Gasteiger partial charge >= 0.3 is 12.4 Å². The van der Waals surface area contributed by atoms with Crippen LogP contribution in [0, 0.1) is 5.92 Å². The van der Waals surface area contributed by atoms with Crippen molar-refractivity contribution in [2.45, 2.75) is 46.8 Å². The van der Waals surface area contributed by atoms with E-state index in [9.17, 15) is 9.59 Å². The van der Waals surface area contributed by atoms with E-state index in [4.69, 9.17) is 19.3 Å². The van der Waals surface area contributed by atoms with Gasteiger partial charge in [-0.3, -0.25) is 14.3 Å². The Morgan fingerprint density at radius 3 is 2.06 bits per heavy atom. The molecule has 3 unspecified atom stereocenters. The van der Waals surface area contributed by atoms with Gasteiger partial charge in [-0.25, -0.2) is 0 Å². The van der Waals surface area contributed by atoms with Gasteiger partial charge in [0.15, 0.2) is 5.78 Å². The minimum absolute atomic E-state index is 0.267. The van der Waals surface area contributed by atoms with Crippen LogP contribution in [-0.4, -0.2) is 43.0 Å². The molecule has 0 aromatic heterocycles. The topological polar surface area (TPSA) is 91.3 Å². The lowest BCUT2D eigenvalue weighted by molar-refractivity contribution is -0.378. The van der Waals surface area contributed by atoms with Crippen LogP contribution >= 0.6 is 0 Å². The summed E-state index contributed by atoms with van der Waals surface area (Å²) < 4.78 is 19.1. The molecule has 106 valence electrons. The Hall–Kier alpha value is -1.02. The predicted octanol–water partition coefficient (Wildman–Crippen LogP) is 0.402. The second kappa shape index (κ2) is 8.15. The van der Waals surface area contributed by atoms with E-state index >= 15 is 0 Å². The van der Waals surface area contributed by atoms with Crippen molar-refractivity contribution in [1.29, 1.82) is 0 Å². The van der Waals surface area contributed by atoms with Gasteiger partial charge in [0.25, 0.3) is 6.48 Å². The highest BCUT2D eigenvalue weighted by Gasteiger charge is 2.25. The summed E-state index contributed by atoms with van der Waals surface area (Å²) in [5.74, 6) is -1.25. The maximum absolute atomic E-state index is 11.4. The minimum atomic E-state index is -1.62. The fourth-order valence-electron chi connectivity index (χ4n) is 0.732. The molecule has 0 aliphatic rings. The molecule has 0 rings (SSSR count). The average molecular weight is 264 g/mol. The van der Waals surface area contributed by atoms with E-state index in [1.54, 1.807) is 13.8 Å². The highest BCUT2D eigenvalue weighted by molar-refractivity contribution is 5.80. The number of aliphatic hydroxyl groups excluding tert-OH is 1. The molecule has 0 saturated heterocycles. The van der Waals surface area contributed by atoms with Crippen molar-refractivity contribution in [1.82, 2.24) is 0 Å². The van der Waals surface area contributed by atoms with Gasteiger partial charge < -0.3 is 19.3 Å². The van der Waals surface area contributed by atoms with Gasteiger partial charge in [-0.1, -0.05) is 13.8 Å². The highest BCUT2D eigenvalue weighted by Crippen LogP contribution is 2.09. The fourth-order valence-corrected chi connectivity index (χ4v) is 0.732. The molecule has 0 heterocycles. The number of hydrogen-bond acceptors (Lipinski definition) is 7. The monoisotopic (exact) mass is 264 g/mol. The van der Waals surface area contributed by atoms with E-state index in [-0.39, 0.29) is 5.78 Å². The van der Waals surface area contributed by atoms with Crippen LogP contribution in [0.4, 0.5) is 0 Å². The van der Waals surface area contributed by atoms with Gasteiger partial charge in [0.1, 0.15) is 6.10 Å². The number of hydrogen-bond donors (Lipinski definition) is 1. The summed E-state index contributed by atoms with van der Waals surface area (Å²) in [7, 11) is 1.19. The lowest BCUT2D eigenvalue weighted by Crippen LogP contribution is -2.35. The number of carbonyl (C=O) groups excluding carboxylic acids is 2. The van der Waals surface area contributed by atoms with E-state index < -0.39 is 30.9 Å². The number of methoxy groups -OCH3 is 1. The third-order valence-corrected chi connectivity index (χ3v) is 2.00. The molecule has 3 atom stereocenters. The molecule has 0 bridgehead atoms. The van der Waals surface area contributed by atoms with Crippen molar-refractivity contribution in [2.75, 3.05) is 7.11 Å². The van der Waals surface area contributed by atoms with Crippen LogP contribution in [0.15, 0.2) is 0 Å². The highest BCUT2D eigenvalue weighted by atomic mass is 16.9. The zero-order valence-corrected chi connectivity index (χ0v) is 11.2. The number of aliphatic hydroxyl groups is 1. The Labute approximate surface area is 106 Å². The van der Waals surface area contributed by atoms with E-state index in [1.807, 2.05) is 0 Å². The van der Waals surface area contributed by atoms with Crippen molar-refractivity contribution in [3.05, 3.63) is 0 Å².